The largest absolute Gasteiger partial charge is 0.379 e. The van der Waals surface area contributed by atoms with Crippen LogP contribution >= 0.6 is 0 Å². The van der Waals surface area contributed by atoms with E-state index in [1.54, 1.807) is 24.5 Å². The van der Waals surface area contributed by atoms with E-state index in [9.17, 15) is 9.18 Å². The number of carbonyl (C=O) groups excluding carboxylic acids is 1. The van der Waals surface area contributed by atoms with Gasteiger partial charge in [-0.2, -0.15) is 0 Å². The smallest absolute Gasteiger partial charge is 0.225 e. The van der Waals surface area contributed by atoms with E-state index in [-0.39, 0.29) is 17.6 Å². The number of aromatic nitrogens is 2. The molecule has 4 rings (SSSR count). The van der Waals surface area contributed by atoms with Crippen LogP contribution in [0.1, 0.15) is 19.3 Å². The van der Waals surface area contributed by atoms with Crippen molar-refractivity contribution in [2.45, 2.75) is 19.3 Å². The van der Waals surface area contributed by atoms with E-state index in [4.69, 9.17) is 4.74 Å². The Kier molecular flexibility index (Phi) is 7.43. The molecule has 2 aliphatic rings. The van der Waals surface area contributed by atoms with Gasteiger partial charge in [0.2, 0.25) is 11.9 Å². The topological polar surface area (TPSA) is 70.6 Å². The number of morpholine rings is 1. The summed E-state index contributed by atoms with van der Waals surface area (Å²) in [6, 6.07) is 6.31. The lowest BCUT2D eigenvalue weighted by Gasteiger charge is -2.31. The lowest BCUT2D eigenvalue weighted by Crippen LogP contribution is -2.42. The fraction of sp³-hybridized carbons (Fsp3) is 0.522. The summed E-state index contributed by atoms with van der Waals surface area (Å²) in [4.78, 5) is 26.0. The van der Waals surface area contributed by atoms with Gasteiger partial charge < -0.3 is 15.0 Å². The Morgan fingerprint density at radius 2 is 1.71 bits per heavy atom. The predicted octanol–water partition coefficient (Wildman–Crippen LogP) is 2.34. The van der Waals surface area contributed by atoms with Crippen LogP contribution in [0, 0.1) is 11.7 Å². The molecule has 0 aliphatic carbocycles. The van der Waals surface area contributed by atoms with Crippen LogP contribution in [0.3, 0.4) is 0 Å². The molecule has 0 radical (unpaired) electrons. The highest BCUT2D eigenvalue weighted by Crippen LogP contribution is 2.23. The number of hydrogen-bond acceptors (Lipinski definition) is 6. The normalized spacial score (nSPS) is 18.2. The van der Waals surface area contributed by atoms with E-state index in [0.717, 1.165) is 82.9 Å². The van der Waals surface area contributed by atoms with Gasteiger partial charge in [0, 0.05) is 56.6 Å². The van der Waals surface area contributed by atoms with Crippen molar-refractivity contribution in [3.8, 4) is 11.1 Å². The number of carbonyl (C=O) groups is 1. The third-order valence-electron chi connectivity index (χ3n) is 6.02. The molecule has 0 bridgehead atoms. The summed E-state index contributed by atoms with van der Waals surface area (Å²) < 4.78 is 18.4. The number of benzene rings is 1. The fourth-order valence-corrected chi connectivity index (χ4v) is 4.10. The molecule has 8 heteroatoms. The molecule has 1 N–H and O–H groups in total. The van der Waals surface area contributed by atoms with Crippen molar-refractivity contribution in [2.75, 3.05) is 57.4 Å². The van der Waals surface area contributed by atoms with Crippen molar-refractivity contribution in [3.63, 3.8) is 0 Å². The summed E-state index contributed by atoms with van der Waals surface area (Å²) in [5.74, 6) is 0.632. The van der Waals surface area contributed by atoms with E-state index >= 15 is 0 Å². The van der Waals surface area contributed by atoms with E-state index in [0.29, 0.717) is 5.95 Å². The molecule has 1 aromatic carbocycles. The number of amides is 1. The molecule has 2 aromatic rings. The van der Waals surface area contributed by atoms with Gasteiger partial charge in [-0.25, -0.2) is 14.4 Å². The molecule has 1 aromatic heterocycles. The second-order valence-corrected chi connectivity index (χ2v) is 8.14. The Morgan fingerprint density at radius 3 is 2.39 bits per heavy atom. The number of piperidine rings is 1. The van der Waals surface area contributed by atoms with Gasteiger partial charge in [-0.15, -0.1) is 0 Å². The quantitative estimate of drug-likeness (QED) is 0.684. The van der Waals surface area contributed by atoms with Crippen LogP contribution in [0.5, 0.6) is 0 Å². The predicted molar refractivity (Wildman–Crippen MR) is 117 cm³/mol. The van der Waals surface area contributed by atoms with Crippen LogP contribution in [0.2, 0.25) is 0 Å². The number of ether oxygens (including phenoxy) is 1. The van der Waals surface area contributed by atoms with Crippen LogP contribution in [0.25, 0.3) is 11.1 Å². The summed E-state index contributed by atoms with van der Waals surface area (Å²) >= 11 is 0. The molecule has 0 saturated carbocycles. The molecule has 0 unspecified atom stereocenters. The summed E-state index contributed by atoms with van der Waals surface area (Å²) in [6.07, 6.45) is 6.11. The van der Waals surface area contributed by atoms with Crippen LogP contribution < -0.4 is 10.2 Å². The molecule has 31 heavy (non-hydrogen) atoms. The summed E-state index contributed by atoms with van der Waals surface area (Å²) in [6.45, 7) is 6.85. The number of nitrogens with zero attached hydrogens (tertiary/aromatic N) is 4. The molecule has 7 nitrogen and oxygen atoms in total. The highest BCUT2D eigenvalue weighted by molar-refractivity contribution is 5.78. The van der Waals surface area contributed by atoms with Crippen molar-refractivity contribution < 1.29 is 13.9 Å². The zero-order chi connectivity index (χ0) is 21.5. The van der Waals surface area contributed by atoms with Crippen LogP contribution in [-0.2, 0) is 9.53 Å². The fourth-order valence-electron chi connectivity index (χ4n) is 4.10. The number of anilines is 1. The Hall–Kier alpha value is -2.58. The minimum atomic E-state index is -0.259. The SMILES string of the molecule is O=C(NCCCN1CCOCC1)C1CCN(c2ncc(-c3ccc(F)cc3)cn2)CC1. The van der Waals surface area contributed by atoms with Gasteiger partial charge >= 0.3 is 0 Å². The first kappa shape index (κ1) is 21.6. The first-order valence-electron chi connectivity index (χ1n) is 11.1. The third kappa shape index (κ3) is 5.98. The Balaban J connectivity index is 1.19. The van der Waals surface area contributed by atoms with Crippen molar-refractivity contribution in [2.24, 2.45) is 5.92 Å². The average Bonchev–Trinajstić information content (AvgIpc) is 2.83. The molecule has 3 heterocycles. The minimum absolute atomic E-state index is 0.0538. The third-order valence-corrected chi connectivity index (χ3v) is 6.02. The molecule has 1 amide bonds. The molecule has 2 aliphatic heterocycles. The molecule has 166 valence electrons. The van der Waals surface area contributed by atoms with Crippen molar-refractivity contribution >= 4 is 11.9 Å². The number of hydrogen-bond donors (Lipinski definition) is 1. The number of rotatable bonds is 7. The van der Waals surface area contributed by atoms with E-state index in [1.165, 1.54) is 12.1 Å². The van der Waals surface area contributed by atoms with E-state index in [2.05, 4.69) is 25.1 Å². The van der Waals surface area contributed by atoms with Crippen LogP contribution in [0.15, 0.2) is 36.7 Å². The first-order valence-corrected chi connectivity index (χ1v) is 11.1. The molecular formula is C23H30FN5O2. The highest BCUT2D eigenvalue weighted by Gasteiger charge is 2.26. The molecule has 0 atom stereocenters. The number of halogens is 1. The second-order valence-electron chi connectivity index (χ2n) is 8.14. The zero-order valence-corrected chi connectivity index (χ0v) is 17.8. The van der Waals surface area contributed by atoms with E-state index in [1.807, 2.05) is 0 Å². The monoisotopic (exact) mass is 427 g/mol. The van der Waals surface area contributed by atoms with Gasteiger partial charge in [-0.1, -0.05) is 12.1 Å². The number of nitrogens with one attached hydrogen (secondary N) is 1. The maximum atomic E-state index is 13.1. The maximum Gasteiger partial charge on any atom is 0.225 e. The van der Waals surface area contributed by atoms with Gasteiger partial charge in [0.1, 0.15) is 5.82 Å². The zero-order valence-electron chi connectivity index (χ0n) is 17.8. The van der Waals surface area contributed by atoms with Gasteiger partial charge in [-0.05, 0) is 43.5 Å². The van der Waals surface area contributed by atoms with Gasteiger partial charge in [-0.3, -0.25) is 9.69 Å². The molecule has 2 saturated heterocycles. The summed E-state index contributed by atoms with van der Waals surface area (Å²) in [5, 5.41) is 3.10. The second kappa shape index (κ2) is 10.6. The lowest BCUT2D eigenvalue weighted by atomic mass is 9.96. The minimum Gasteiger partial charge on any atom is -0.379 e. The summed E-state index contributed by atoms with van der Waals surface area (Å²) in [5.41, 5.74) is 1.74. The van der Waals surface area contributed by atoms with Crippen LogP contribution in [0.4, 0.5) is 10.3 Å². The standard InChI is InChI=1S/C23H30FN5O2/c24-21-4-2-18(3-5-21)20-16-26-23(27-17-20)29-10-6-19(7-11-29)22(30)25-8-1-9-28-12-14-31-15-13-28/h2-5,16-17,19H,1,6-15H2,(H,25,30). The highest BCUT2D eigenvalue weighted by atomic mass is 19.1. The van der Waals surface area contributed by atoms with E-state index < -0.39 is 0 Å². The van der Waals surface area contributed by atoms with Crippen molar-refractivity contribution in [1.29, 1.82) is 0 Å². The van der Waals surface area contributed by atoms with Crippen molar-refractivity contribution in [1.82, 2.24) is 20.2 Å². The Labute approximate surface area is 182 Å². The first-order chi connectivity index (χ1) is 15.2. The summed E-state index contributed by atoms with van der Waals surface area (Å²) in [7, 11) is 0. The Bertz CT molecular complexity index is 832. The average molecular weight is 428 g/mol. The maximum absolute atomic E-state index is 13.1. The molecular weight excluding hydrogens is 397 g/mol. The Morgan fingerprint density at radius 1 is 1.03 bits per heavy atom. The van der Waals surface area contributed by atoms with Crippen molar-refractivity contribution in [3.05, 3.63) is 42.5 Å². The van der Waals surface area contributed by atoms with Crippen LogP contribution in [-0.4, -0.2) is 73.3 Å². The molecule has 2 fully saturated rings. The lowest BCUT2D eigenvalue weighted by molar-refractivity contribution is -0.125. The molecule has 0 spiro atoms. The van der Waals surface area contributed by atoms with Gasteiger partial charge in [0.25, 0.3) is 0 Å². The van der Waals surface area contributed by atoms with Gasteiger partial charge in [0.05, 0.1) is 13.2 Å². The van der Waals surface area contributed by atoms with Gasteiger partial charge in [0.15, 0.2) is 0 Å².